The smallest absolute Gasteiger partial charge is 0.307 e. The lowest BCUT2D eigenvalue weighted by molar-refractivity contribution is -0.799. The quantitative estimate of drug-likeness (QED) is 0.540. The predicted octanol–water partition coefficient (Wildman–Crippen LogP) is 1.59. The summed E-state index contributed by atoms with van der Waals surface area (Å²) in [6.45, 7) is 7.57. The number of aromatic nitrogens is 1. The molecule has 0 aliphatic heterocycles. The normalized spacial score (nSPS) is 11.2. The highest BCUT2D eigenvalue weighted by Gasteiger charge is 2.33. The molecule has 0 bridgehead atoms. The summed E-state index contributed by atoms with van der Waals surface area (Å²) in [6, 6.07) is 3.92. The Balaban J connectivity index is 3.14. The molecule has 0 aromatic carbocycles. The molecule has 0 aliphatic rings. The number of hydrogen-bond donors (Lipinski definition) is 0. The zero-order valence-electron chi connectivity index (χ0n) is 9.57. The van der Waals surface area contributed by atoms with E-state index in [9.17, 15) is 4.79 Å². The van der Waals surface area contributed by atoms with Gasteiger partial charge in [0.2, 0.25) is 13.7 Å². The molecule has 1 aromatic rings. The molecule has 3 nitrogen and oxygen atoms in total. The zero-order chi connectivity index (χ0) is 11.6. The largest absolute Gasteiger partial charge is 0.411 e. The van der Waals surface area contributed by atoms with Crippen molar-refractivity contribution in [1.29, 1.82) is 0 Å². The van der Waals surface area contributed by atoms with Gasteiger partial charge in [0, 0.05) is 32.4 Å². The Hall–Kier alpha value is -1.32. The average Bonchev–Trinajstić information content (AvgIpc) is 2.07. The van der Waals surface area contributed by atoms with Crippen LogP contribution in [0.1, 0.15) is 25.1 Å². The van der Waals surface area contributed by atoms with Gasteiger partial charge >= 0.3 is 5.72 Å². The fourth-order valence-electron chi connectivity index (χ4n) is 1.57. The number of carbonyl (C=O) groups is 1. The van der Waals surface area contributed by atoms with Gasteiger partial charge in [-0.3, -0.25) is 4.79 Å². The van der Waals surface area contributed by atoms with Crippen LogP contribution < -0.4 is 4.57 Å². The fourth-order valence-corrected chi connectivity index (χ4v) is 1.57. The fraction of sp³-hybridized carbons (Fsp3) is 0.455. The lowest BCUT2D eigenvalue weighted by Gasteiger charge is -2.21. The number of rotatable bonds is 2. The van der Waals surface area contributed by atoms with E-state index in [1.54, 1.807) is 13.8 Å². The number of hydrogen-bond acceptors (Lipinski definition) is 2. The molecule has 0 saturated heterocycles. The first-order chi connectivity index (χ1) is 6.84. The third-order valence-corrected chi connectivity index (χ3v) is 2.44. The highest BCUT2D eigenvalue weighted by molar-refractivity contribution is 6.55. The Kier molecular flexibility index (Phi) is 3.17. The van der Waals surface area contributed by atoms with Crippen molar-refractivity contribution in [2.24, 2.45) is 0 Å². The van der Waals surface area contributed by atoms with Crippen molar-refractivity contribution in [2.75, 3.05) is 0 Å². The van der Waals surface area contributed by atoms with Crippen molar-refractivity contribution >= 4 is 13.7 Å². The lowest BCUT2D eigenvalue weighted by Crippen LogP contribution is -2.56. The average molecular weight is 204 g/mol. The van der Waals surface area contributed by atoms with Crippen LogP contribution in [0.4, 0.5) is 4.79 Å². The van der Waals surface area contributed by atoms with Crippen LogP contribution in [0.2, 0.25) is 0 Å². The molecule has 0 N–H and O–H groups in total. The van der Waals surface area contributed by atoms with Crippen molar-refractivity contribution in [1.82, 2.24) is 0 Å². The molecule has 15 heavy (non-hydrogen) atoms. The van der Waals surface area contributed by atoms with Gasteiger partial charge in [0.1, 0.15) is 0 Å². The Morgan fingerprint density at radius 3 is 2.60 bits per heavy atom. The van der Waals surface area contributed by atoms with E-state index in [0.29, 0.717) is 0 Å². The maximum absolute atomic E-state index is 10.8. The summed E-state index contributed by atoms with van der Waals surface area (Å²) >= 11 is 0. The van der Waals surface area contributed by atoms with E-state index in [0.717, 1.165) is 11.3 Å². The first-order valence-electron chi connectivity index (χ1n) is 4.81. The standard InChI is InChI=1S/C11H15BNO2/c1-8-6-5-7-13(9(8)2)11(3,4)15-10(12)14/h5-7H,1-4H3/q+1. The second-order valence-corrected chi connectivity index (χ2v) is 4.01. The van der Waals surface area contributed by atoms with Crippen LogP contribution >= 0.6 is 0 Å². The number of carbonyl (C=O) groups excluding carboxylic acids is 1. The van der Waals surface area contributed by atoms with E-state index >= 15 is 0 Å². The van der Waals surface area contributed by atoms with Crippen LogP contribution in [0, 0.1) is 13.8 Å². The van der Waals surface area contributed by atoms with Crippen molar-refractivity contribution in [3.05, 3.63) is 29.6 Å². The minimum atomic E-state index is -0.770. The summed E-state index contributed by atoms with van der Waals surface area (Å²) in [6.07, 6.45) is 1.87. The van der Waals surface area contributed by atoms with E-state index < -0.39 is 11.6 Å². The van der Waals surface area contributed by atoms with Crippen LogP contribution in [0.15, 0.2) is 18.3 Å². The van der Waals surface area contributed by atoms with E-state index in [2.05, 4.69) is 0 Å². The van der Waals surface area contributed by atoms with Gasteiger partial charge in [0.15, 0.2) is 11.9 Å². The van der Waals surface area contributed by atoms with Crippen LogP contribution in [-0.2, 0) is 10.5 Å². The van der Waals surface area contributed by atoms with E-state index in [1.807, 2.05) is 36.7 Å². The molecule has 0 unspecified atom stereocenters. The molecule has 1 aromatic heterocycles. The molecule has 4 heteroatoms. The van der Waals surface area contributed by atoms with Crippen molar-refractivity contribution in [3.8, 4) is 0 Å². The maximum Gasteiger partial charge on any atom is 0.307 e. The van der Waals surface area contributed by atoms with Gasteiger partial charge in [-0.1, -0.05) is 0 Å². The summed E-state index contributed by atoms with van der Waals surface area (Å²) in [5.74, 6) is -0.770. The summed E-state index contributed by atoms with van der Waals surface area (Å²) in [7, 11) is 5.03. The molecule has 78 valence electrons. The minimum Gasteiger partial charge on any atom is -0.411 e. The molecule has 2 radical (unpaired) electrons. The van der Waals surface area contributed by atoms with Crippen LogP contribution in [0.5, 0.6) is 0 Å². The molecule has 1 rings (SSSR count). The molecule has 0 aliphatic carbocycles. The third-order valence-electron chi connectivity index (χ3n) is 2.44. The van der Waals surface area contributed by atoms with Gasteiger partial charge in [-0.15, -0.1) is 0 Å². The van der Waals surface area contributed by atoms with Gasteiger partial charge in [-0.2, -0.15) is 4.57 Å². The highest BCUT2D eigenvalue weighted by Crippen LogP contribution is 2.11. The number of nitrogens with zero attached hydrogens (tertiary/aromatic N) is 1. The Labute approximate surface area is 91.5 Å². The summed E-state index contributed by atoms with van der Waals surface area (Å²) in [5, 5.41) is 0. The zero-order valence-corrected chi connectivity index (χ0v) is 9.57. The van der Waals surface area contributed by atoms with Gasteiger partial charge in [0.25, 0.3) is 0 Å². The van der Waals surface area contributed by atoms with E-state index in [1.165, 1.54) is 0 Å². The molecule has 1 heterocycles. The third kappa shape index (κ3) is 2.58. The van der Waals surface area contributed by atoms with Gasteiger partial charge < -0.3 is 4.74 Å². The van der Waals surface area contributed by atoms with Crippen molar-refractivity contribution < 1.29 is 14.1 Å². The monoisotopic (exact) mass is 204 g/mol. The number of aryl methyl sites for hydroxylation is 1. The Morgan fingerprint density at radius 2 is 2.07 bits per heavy atom. The van der Waals surface area contributed by atoms with E-state index in [-0.39, 0.29) is 0 Å². The van der Waals surface area contributed by atoms with Gasteiger partial charge in [-0.25, -0.2) is 0 Å². The summed E-state index contributed by atoms with van der Waals surface area (Å²) in [4.78, 5) is 10.8. The SMILES string of the molecule is [B]C(=O)OC(C)(C)[n+]1cccc(C)c1C. The lowest BCUT2D eigenvalue weighted by atomic mass is 10.1. The Bertz CT molecular complexity index is 388. The van der Waals surface area contributed by atoms with Crippen LogP contribution in [0.3, 0.4) is 0 Å². The molecule has 0 spiro atoms. The number of ether oxygens (including phenoxy) is 1. The molecule has 0 amide bonds. The molecule has 0 saturated carbocycles. The van der Waals surface area contributed by atoms with Crippen molar-refractivity contribution in [3.63, 3.8) is 0 Å². The molecule has 0 fully saturated rings. The first-order valence-corrected chi connectivity index (χ1v) is 4.81. The summed E-state index contributed by atoms with van der Waals surface area (Å²) in [5.41, 5.74) is 1.42. The van der Waals surface area contributed by atoms with Crippen LogP contribution in [0.25, 0.3) is 0 Å². The second kappa shape index (κ2) is 4.05. The second-order valence-electron chi connectivity index (χ2n) is 4.01. The maximum atomic E-state index is 10.8. The van der Waals surface area contributed by atoms with Crippen LogP contribution in [-0.4, -0.2) is 13.7 Å². The topological polar surface area (TPSA) is 30.2 Å². The minimum absolute atomic E-state index is 0.762. The first kappa shape index (κ1) is 11.8. The number of pyridine rings is 1. The van der Waals surface area contributed by atoms with Gasteiger partial charge in [-0.05, 0) is 13.0 Å². The van der Waals surface area contributed by atoms with E-state index in [4.69, 9.17) is 12.6 Å². The summed E-state index contributed by atoms with van der Waals surface area (Å²) < 4.78 is 6.94. The molecule has 0 atom stereocenters. The van der Waals surface area contributed by atoms with Crippen molar-refractivity contribution in [2.45, 2.75) is 33.4 Å². The predicted molar refractivity (Wildman–Crippen MR) is 57.7 cm³/mol. The molecular weight excluding hydrogens is 189 g/mol. The molecular formula is C11H15BNO2+. The Morgan fingerprint density at radius 1 is 1.47 bits per heavy atom. The van der Waals surface area contributed by atoms with Gasteiger partial charge in [0.05, 0.1) is 0 Å². The highest BCUT2D eigenvalue weighted by atomic mass is 16.6.